The van der Waals surface area contributed by atoms with E-state index in [1.807, 2.05) is 13.0 Å². The largest absolute Gasteiger partial charge is 0.485 e. The summed E-state index contributed by atoms with van der Waals surface area (Å²) in [6.07, 6.45) is 7.25. The van der Waals surface area contributed by atoms with E-state index in [0.29, 0.717) is 23.9 Å². The maximum Gasteiger partial charge on any atom is 0.306 e. The van der Waals surface area contributed by atoms with Gasteiger partial charge in [0, 0.05) is 23.7 Å². The first-order chi connectivity index (χ1) is 20.1. The number of aromatic nitrogens is 1. The maximum absolute atomic E-state index is 15.1. The number of aliphatic carboxylic acids is 1. The topological polar surface area (TPSA) is 71.9 Å². The van der Waals surface area contributed by atoms with Crippen LogP contribution in [0.2, 0.25) is 0 Å². The quantitative estimate of drug-likeness (QED) is 0.285. The zero-order valence-corrected chi connectivity index (χ0v) is 25.0. The Labute approximate surface area is 247 Å². The standard InChI is InChI=1S/C35H41FN2O4/c1-21(34(39)40)33(23-7-8-23)25-9-6-22-11-13-30(42-31(22)17-25)24-10-12-27(28-18-32(41-4)37-19-29(28)36)26(16-24)20-38-15-5-14-35(38,2)3/h6,9-10,12,16-19,21,23,30,33H,5,7-8,11,13-15,20H2,1-4H3,(H,39,40)/t21-,30+,33?/m0/s1. The summed E-state index contributed by atoms with van der Waals surface area (Å²) in [5.74, 6) is 0.0921. The zero-order valence-electron chi connectivity index (χ0n) is 25.0. The van der Waals surface area contributed by atoms with Gasteiger partial charge in [0.25, 0.3) is 0 Å². The Morgan fingerprint density at radius 3 is 2.67 bits per heavy atom. The highest BCUT2D eigenvalue weighted by atomic mass is 19.1. The Bertz CT molecular complexity index is 1480. The molecular weight excluding hydrogens is 531 g/mol. The van der Waals surface area contributed by atoms with Crippen molar-refractivity contribution in [1.29, 1.82) is 0 Å². The number of hydrogen-bond acceptors (Lipinski definition) is 5. The van der Waals surface area contributed by atoms with E-state index in [4.69, 9.17) is 9.47 Å². The first-order valence-electron chi connectivity index (χ1n) is 15.2. The zero-order chi connectivity index (χ0) is 29.6. The number of ether oxygens (including phenoxy) is 2. The third kappa shape index (κ3) is 5.63. The van der Waals surface area contributed by atoms with Crippen LogP contribution in [0.25, 0.3) is 11.1 Å². The number of nitrogens with zero attached hydrogens (tertiary/aromatic N) is 2. The summed E-state index contributed by atoms with van der Waals surface area (Å²) in [7, 11) is 1.54. The third-order valence-corrected chi connectivity index (χ3v) is 9.74. The number of aryl methyl sites for hydroxylation is 1. The second kappa shape index (κ2) is 11.3. The molecule has 3 atom stereocenters. The Morgan fingerprint density at radius 2 is 1.98 bits per heavy atom. The van der Waals surface area contributed by atoms with Crippen LogP contribution < -0.4 is 9.47 Å². The molecule has 1 aromatic heterocycles. The lowest BCUT2D eigenvalue weighted by molar-refractivity contribution is -0.142. The highest BCUT2D eigenvalue weighted by Crippen LogP contribution is 2.48. The molecule has 0 spiro atoms. The minimum Gasteiger partial charge on any atom is -0.485 e. The Balaban J connectivity index is 1.33. The van der Waals surface area contributed by atoms with Crippen molar-refractivity contribution in [1.82, 2.24) is 9.88 Å². The average Bonchev–Trinajstić information content (AvgIpc) is 3.76. The van der Waals surface area contributed by atoms with Crippen molar-refractivity contribution < 1.29 is 23.8 Å². The SMILES string of the molecule is COc1cc(-c2ccc([C@H]3CCc4ccc(C(C5CC5)[C@H](C)C(=O)O)cc4O3)cc2CN2CCCC2(C)C)c(F)cn1. The fraction of sp³-hybridized carbons (Fsp3) is 0.486. The fourth-order valence-electron chi connectivity index (χ4n) is 7.01. The second-order valence-corrected chi connectivity index (χ2v) is 13.0. The summed E-state index contributed by atoms with van der Waals surface area (Å²) in [6.45, 7) is 8.09. The molecule has 3 heterocycles. The van der Waals surface area contributed by atoms with Crippen LogP contribution in [-0.2, 0) is 17.8 Å². The minimum absolute atomic E-state index is 0.00118. The monoisotopic (exact) mass is 572 g/mol. The molecule has 0 bridgehead atoms. The molecule has 6 rings (SSSR count). The van der Waals surface area contributed by atoms with E-state index in [1.165, 1.54) is 6.20 Å². The van der Waals surface area contributed by atoms with E-state index in [9.17, 15) is 9.90 Å². The van der Waals surface area contributed by atoms with E-state index < -0.39 is 11.9 Å². The fourth-order valence-corrected chi connectivity index (χ4v) is 7.01. The highest BCUT2D eigenvalue weighted by molar-refractivity contribution is 5.71. The predicted molar refractivity (Wildman–Crippen MR) is 160 cm³/mol. The van der Waals surface area contributed by atoms with Gasteiger partial charge in [-0.05, 0) is 105 Å². The number of methoxy groups -OCH3 is 1. The molecule has 1 saturated heterocycles. The average molecular weight is 573 g/mol. The molecule has 3 aliphatic rings. The predicted octanol–water partition coefficient (Wildman–Crippen LogP) is 7.55. The molecular formula is C35H41FN2O4. The molecule has 1 unspecified atom stereocenters. The summed E-state index contributed by atoms with van der Waals surface area (Å²) >= 11 is 0. The van der Waals surface area contributed by atoms with Gasteiger partial charge in [0.1, 0.15) is 17.7 Å². The van der Waals surface area contributed by atoms with E-state index >= 15 is 4.39 Å². The summed E-state index contributed by atoms with van der Waals surface area (Å²) in [5.41, 5.74) is 5.74. The Kier molecular flexibility index (Phi) is 7.73. The molecule has 1 saturated carbocycles. The van der Waals surface area contributed by atoms with Crippen LogP contribution in [0.5, 0.6) is 11.6 Å². The maximum atomic E-state index is 15.1. The van der Waals surface area contributed by atoms with Crippen molar-refractivity contribution in [2.75, 3.05) is 13.7 Å². The number of carboxylic acid groups (broad SMARTS) is 1. The van der Waals surface area contributed by atoms with Gasteiger partial charge >= 0.3 is 5.97 Å². The number of carboxylic acids is 1. The van der Waals surface area contributed by atoms with Crippen molar-refractivity contribution in [2.45, 2.75) is 83.4 Å². The van der Waals surface area contributed by atoms with E-state index in [1.54, 1.807) is 13.2 Å². The van der Waals surface area contributed by atoms with Crippen LogP contribution in [0.4, 0.5) is 4.39 Å². The molecule has 6 nitrogen and oxygen atoms in total. The van der Waals surface area contributed by atoms with Crippen LogP contribution in [0.1, 0.15) is 87.2 Å². The van der Waals surface area contributed by atoms with Gasteiger partial charge in [-0.15, -0.1) is 0 Å². The number of carbonyl (C=O) groups is 1. The number of benzene rings is 2. The van der Waals surface area contributed by atoms with Crippen molar-refractivity contribution in [3.63, 3.8) is 0 Å². The summed E-state index contributed by atoms with van der Waals surface area (Å²) < 4.78 is 27.1. The van der Waals surface area contributed by atoms with Gasteiger partial charge in [0.05, 0.1) is 19.2 Å². The lowest BCUT2D eigenvalue weighted by Gasteiger charge is -2.33. The van der Waals surface area contributed by atoms with Crippen molar-refractivity contribution in [2.24, 2.45) is 11.8 Å². The molecule has 0 radical (unpaired) electrons. The van der Waals surface area contributed by atoms with Crippen LogP contribution >= 0.6 is 0 Å². The molecule has 3 aromatic rings. The van der Waals surface area contributed by atoms with E-state index in [0.717, 1.165) is 78.6 Å². The Hall–Kier alpha value is -3.45. The van der Waals surface area contributed by atoms with Gasteiger partial charge in [0.15, 0.2) is 0 Å². The first kappa shape index (κ1) is 28.7. The Morgan fingerprint density at radius 1 is 1.17 bits per heavy atom. The van der Waals surface area contributed by atoms with Crippen LogP contribution in [0, 0.1) is 17.7 Å². The molecule has 2 fully saturated rings. The second-order valence-electron chi connectivity index (χ2n) is 13.0. The number of fused-ring (bicyclic) bond motifs is 1. The number of rotatable bonds is 9. The minimum atomic E-state index is -0.750. The molecule has 1 aliphatic carbocycles. The van der Waals surface area contributed by atoms with Gasteiger partial charge in [-0.3, -0.25) is 9.69 Å². The van der Waals surface area contributed by atoms with Crippen molar-refractivity contribution >= 4 is 5.97 Å². The molecule has 2 aliphatic heterocycles. The highest BCUT2D eigenvalue weighted by Gasteiger charge is 2.39. The van der Waals surface area contributed by atoms with Gasteiger partial charge in [-0.2, -0.15) is 0 Å². The molecule has 0 amide bonds. The molecule has 222 valence electrons. The van der Waals surface area contributed by atoms with E-state index in [-0.39, 0.29) is 23.4 Å². The van der Waals surface area contributed by atoms with Gasteiger partial charge < -0.3 is 14.6 Å². The molecule has 7 heteroatoms. The molecule has 2 aromatic carbocycles. The van der Waals surface area contributed by atoms with Gasteiger partial charge in [-0.25, -0.2) is 9.37 Å². The lowest BCUT2D eigenvalue weighted by Crippen LogP contribution is -2.37. The van der Waals surface area contributed by atoms with Gasteiger partial charge in [-0.1, -0.05) is 37.3 Å². The van der Waals surface area contributed by atoms with Crippen LogP contribution in [-0.4, -0.2) is 40.2 Å². The van der Waals surface area contributed by atoms with Gasteiger partial charge in [0.2, 0.25) is 5.88 Å². The number of likely N-dealkylation sites (tertiary alicyclic amines) is 1. The number of hydrogen-bond donors (Lipinski definition) is 1. The molecule has 42 heavy (non-hydrogen) atoms. The summed E-state index contributed by atoms with van der Waals surface area (Å²) in [4.78, 5) is 18.4. The smallest absolute Gasteiger partial charge is 0.306 e. The van der Waals surface area contributed by atoms with Crippen molar-refractivity contribution in [3.8, 4) is 22.8 Å². The third-order valence-electron chi connectivity index (χ3n) is 9.74. The van der Waals surface area contributed by atoms with Crippen LogP contribution in [0.3, 0.4) is 0 Å². The summed E-state index contributed by atoms with van der Waals surface area (Å²) in [5, 5.41) is 9.76. The normalized spacial score (nSPS) is 21.3. The first-order valence-corrected chi connectivity index (χ1v) is 15.2. The van der Waals surface area contributed by atoms with Crippen LogP contribution in [0.15, 0.2) is 48.7 Å². The molecule has 1 N–H and O–H groups in total. The lowest BCUT2D eigenvalue weighted by atomic mass is 9.82. The number of halogens is 1. The number of pyridine rings is 1. The van der Waals surface area contributed by atoms with Crippen molar-refractivity contribution in [3.05, 3.63) is 76.7 Å². The van der Waals surface area contributed by atoms with E-state index in [2.05, 4.69) is 54.1 Å². The summed E-state index contributed by atoms with van der Waals surface area (Å²) in [6, 6.07) is 14.2.